The molecule has 2 rings (SSSR count). The van der Waals surface area contributed by atoms with Crippen LogP contribution in [0.3, 0.4) is 0 Å². The standard InChI is InChI=1S/C18H26N2O/c1-4-19-17(11-14(2)13-21-3)12-16-10-9-15-7-5-6-8-18(15)20-16/h5-10,14,17,19H,4,11-13H2,1-3H3. The van der Waals surface area contributed by atoms with Crippen LogP contribution in [-0.4, -0.2) is 31.3 Å². The van der Waals surface area contributed by atoms with Crippen molar-refractivity contribution in [1.82, 2.24) is 10.3 Å². The van der Waals surface area contributed by atoms with Crippen LogP contribution >= 0.6 is 0 Å². The Morgan fingerprint density at radius 3 is 2.76 bits per heavy atom. The highest BCUT2D eigenvalue weighted by atomic mass is 16.5. The Labute approximate surface area is 127 Å². The van der Waals surface area contributed by atoms with Crippen molar-refractivity contribution in [3.8, 4) is 0 Å². The summed E-state index contributed by atoms with van der Waals surface area (Å²) >= 11 is 0. The van der Waals surface area contributed by atoms with Crippen LogP contribution in [0.4, 0.5) is 0 Å². The molecule has 2 unspecified atom stereocenters. The van der Waals surface area contributed by atoms with E-state index in [4.69, 9.17) is 9.72 Å². The van der Waals surface area contributed by atoms with Crippen LogP contribution in [0.2, 0.25) is 0 Å². The van der Waals surface area contributed by atoms with Crippen molar-refractivity contribution in [1.29, 1.82) is 0 Å². The van der Waals surface area contributed by atoms with Gasteiger partial charge in [0.2, 0.25) is 0 Å². The first kappa shape index (κ1) is 15.9. The SMILES string of the molecule is CCNC(Cc1ccc2ccccc2n1)CC(C)COC. The van der Waals surface area contributed by atoms with E-state index in [1.807, 2.05) is 6.07 Å². The molecule has 0 saturated carbocycles. The zero-order valence-electron chi connectivity index (χ0n) is 13.3. The van der Waals surface area contributed by atoms with Crippen molar-refractivity contribution < 1.29 is 4.74 Å². The first-order valence-corrected chi connectivity index (χ1v) is 7.80. The van der Waals surface area contributed by atoms with Crippen molar-refractivity contribution in [3.63, 3.8) is 0 Å². The molecule has 2 aromatic rings. The Morgan fingerprint density at radius 1 is 1.19 bits per heavy atom. The molecule has 3 heteroatoms. The van der Waals surface area contributed by atoms with Gasteiger partial charge in [-0.25, -0.2) is 0 Å². The fourth-order valence-corrected chi connectivity index (χ4v) is 2.84. The average molecular weight is 286 g/mol. The number of nitrogens with one attached hydrogen (secondary N) is 1. The lowest BCUT2D eigenvalue weighted by atomic mass is 9.98. The lowest BCUT2D eigenvalue weighted by Gasteiger charge is -2.21. The number of benzene rings is 1. The molecule has 0 radical (unpaired) electrons. The van der Waals surface area contributed by atoms with Crippen LogP contribution in [0.5, 0.6) is 0 Å². The number of pyridine rings is 1. The third-order valence-corrected chi connectivity index (χ3v) is 3.74. The van der Waals surface area contributed by atoms with E-state index in [-0.39, 0.29) is 0 Å². The molecule has 1 heterocycles. The smallest absolute Gasteiger partial charge is 0.0705 e. The molecule has 0 fully saturated rings. The number of aromatic nitrogens is 1. The minimum absolute atomic E-state index is 0.453. The van der Waals surface area contributed by atoms with Crippen LogP contribution in [0.15, 0.2) is 36.4 Å². The molecular formula is C18H26N2O. The zero-order chi connectivity index (χ0) is 15.1. The maximum atomic E-state index is 5.25. The molecule has 0 spiro atoms. The fraction of sp³-hybridized carbons (Fsp3) is 0.500. The lowest BCUT2D eigenvalue weighted by Crippen LogP contribution is -2.33. The van der Waals surface area contributed by atoms with E-state index in [1.165, 1.54) is 5.39 Å². The Bertz CT molecular complexity index is 556. The minimum Gasteiger partial charge on any atom is -0.384 e. The van der Waals surface area contributed by atoms with Gasteiger partial charge < -0.3 is 10.1 Å². The summed E-state index contributed by atoms with van der Waals surface area (Å²) in [6.07, 6.45) is 2.07. The first-order chi connectivity index (χ1) is 10.2. The number of hydrogen-bond donors (Lipinski definition) is 1. The molecule has 1 aromatic carbocycles. The van der Waals surface area contributed by atoms with Crippen molar-refractivity contribution in [2.24, 2.45) is 5.92 Å². The quantitative estimate of drug-likeness (QED) is 0.807. The summed E-state index contributed by atoms with van der Waals surface area (Å²) in [5.41, 5.74) is 2.24. The van der Waals surface area contributed by atoms with Gasteiger partial charge in [-0.3, -0.25) is 4.98 Å². The monoisotopic (exact) mass is 286 g/mol. The first-order valence-electron chi connectivity index (χ1n) is 7.80. The van der Waals surface area contributed by atoms with Crippen LogP contribution < -0.4 is 5.32 Å². The summed E-state index contributed by atoms with van der Waals surface area (Å²) in [4.78, 5) is 4.78. The molecule has 1 N–H and O–H groups in total. The van der Waals surface area contributed by atoms with Crippen molar-refractivity contribution in [2.45, 2.75) is 32.7 Å². The molecule has 0 bridgehead atoms. The molecule has 0 aliphatic rings. The molecule has 0 aliphatic carbocycles. The van der Waals surface area contributed by atoms with E-state index < -0.39 is 0 Å². The highest BCUT2D eigenvalue weighted by Gasteiger charge is 2.14. The van der Waals surface area contributed by atoms with Gasteiger partial charge in [0.25, 0.3) is 0 Å². The number of likely N-dealkylation sites (N-methyl/N-ethyl adjacent to an activating group) is 1. The number of hydrogen-bond acceptors (Lipinski definition) is 3. The minimum atomic E-state index is 0.453. The van der Waals surface area contributed by atoms with Crippen molar-refractivity contribution in [3.05, 3.63) is 42.1 Å². The summed E-state index contributed by atoms with van der Waals surface area (Å²) < 4.78 is 5.25. The van der Waals surface area contributed by atoms with Gasteiger partial charge in [0.1, 0.15) is 0 Å². The van der Waals surface area contributed by atoms with E-state index in [2.05, 4.69) is 49.5 Å². The Morgan fingerprint density at radius 2 is 2.00 bits per heavy atom. The lowest BCUT2D eigenvalue weighted by molar-refractivity contribution is 0.149. The summed E-state index contributed by atoms with van der Waals surface area (Å²) in [5.74, 6) is 0.555. The number of methoxy groups -OCH3 is 1. The summed E-state index contributed by atoms with van der Waals surface area (Å²) in [5, 5.41) is 4.78. The topological polar surface area (TPSA) is 34.2 Å². The molecule has 21 heavy (non-hydrogen) atoms. The maximum Gasteiger partial charge on any atom is 0.0705 e. The van der Waals surface area contributed by atoms with Crippen LogP contribution in [0.25, 0.3) is 10.9 Å². The van der Waals surface area contributed by atoms with E-state index in [0.29, 0.717) is 12.0 Å². The Hall–Kier alpha value is -1.45. The maximum absolute atomic E-state index is 5.25. The van der Waals surface area contributed by atoms with Crippen LogP contribution in [0.1, 0.15) is 26.0 Å². The average Bonchev–Trinajstić information content (AvgIpc) is 2.47. The van der Waals surface area contributed by atoms with Gasteiger partial charge in [-0.05, 0) is 31.0 Å². The summed E-state index contributed by atoms with van der Waals surface area (Å²) in [6.45, 7) is 6.19. The van der Waals surface area contributed by atoms with E-state index in [0.717, 1.165) is 37.2 Å². The summed E-state index contributed by atoms with van der Waals surface area (Å²) in [7, 11) is 1.77. The van der Waals surface area contributed by atoms with Gasteiger partial charge in [-0.15, -0.1) is 0 Å². The second-order valence-corrected chi connectivity index (χ2v) is 5.75. The van der Waals surface area contributed by atoms with Crippen LogP contribution in [-0.2, 0) is 11.2 Å². The van der Waals surface area contributed by atoms with Gasteiger partial charge in [0.15, 0.2) is 0 Å². The molecule has 1 aromatic heterocycles. The number of rotatable bonds is 8. The van der Waals surface area contributed by atoms with Gasteiger partial charge in [0, 0.05) is 37.3 Å². The highest BCUT2D eigenvalue weighted by Crippen LogP contribution is 2.15. The normalized spacial score (nSPS) is 14.2. The summed E-state index contributed by atoms with van der Waals surface area (Å²) in [6, 6.07) is 13.0. The second kappa shape index (κ2) is 8.11. The number of para-hydroxylation sites is 1. The Kier molecular flexibility index (Phi) is 6.15. The largest absolute Gasteiger partial charge is 0.384 e. The van der Waals surface area contributed by atoms with Gasteiger partial charge >= 0.3 is 0 Å². The second-order valence-electron chi connectivity index (χ2n) is 5.75. The van der Waals surface area contributed by atoms with E-state index in [1.54, 1.807) is 7.11 Å². The third kappa shape index (κ3) is 4.80. The molecule has 114 valence electrons. The predicted molar refractivity (Wildman–Crippen MR) is 88.6 cm³/mol. The fourth-order valence-electron chi connectivity index (χ4n) is 2.84. The van der Waals surface area contributed by atoms with E-state index >= 15 is 0 Å². The zero-order valence-corrected chi connectivity index (χ0v) is 13.3. The molecule has 2 atom stereocenters. The van der Waals surface area contributed by atoms with Crippen molar-refractivity contribution in [2.75, 3.05) is 20.3 Å². The number of fused-ring (bicyclic) bond motifs is 1. The molecule has 0 saturated heterocycles. The van der Waals surface area contributed by atoms with Gasteiger partial charge in [-0.2, -0.15) is 0 Å². The molecule has 3 nitrogen and oxygen atoms in total. The Balaban J connectivity index is 2.06. The third-order valence-electron chi connectivity index (χ3n) is 3.74. The van der Waals surface area contributed by atoms with Gasteiger partial charge in [-0.1, -0.05) is 38.1 Å². The number of ether oxygens (including phenoxy) is 1. The molecule has 0 amide bonds. The van der Waals surface area contributed by atoms with Crippen molar-refractivity contribution >= 4 is 10.9 Å². The van der Waals surface area contributed by atoms with E-state index in [9.17, 15) is 0 Å². The number of nitrogens with zero attached hydrogens (tertiary/aromatic N) is 1. The van der Waals surface area contributed by atoms with Gasteiger partial charge in [0.05, 0.1) is 5.52 Å². The van der Waals surface area contributed by atoms with Crippen LogP contribution in [0, 0.1) is 5.92 Å². The molecular weight excluding hydrogens is 260 g/mol. The predicted octanol–water partition coefficient (Wildman–Crippen LogP) is 3.43. The molecule has 0 aliphatic heterocycles. The highest BCUT2D eigenvalue weighted by molar-refractivity contribution is 5.78.